The largest absolute Gasteiger partial charge is 0.338 e. The number of carbonyl (C=O) groups is 1. The average Bonchev–Trinajstić information content (AvgIpc) is 2.70. The van der Waals surface area contributed by atoms with E-state index in [0.717, 1.165) is 19.6 Å². The first kappa shape index (κ1) is 10.1. The lowest BCUT2D eigenvalue weighted by Crippen LogP contribution is -2.52. The van der Waals surface area contributed by atoms with Gasteiger partial charge in [0.25, 0.3) is 0 Å². The lowest BCUT2D eigenvalue weighted by molar-refractivity contribution is -0.133. The molecule has 0 radical (unpaired) electrons. The third kappa shape index (κ3) is 2.53. The van der Waals surface area contributed by atoms with Crippen LogP contribution in [0.3, 0.4) is 0 Å². The topological polar surface area (TPSA) is 63.1 Å². The molecule has 82 valence electrons. The molecule has 1 saturated heterocycles. The molecule has 1 aliphatic heterocycles. The number of nitrogens with zero attached hydrogens (tertiary/aromatic N) is 4. The summed E-state index contributed by atoms with van der Waals surface area (Å²) in [5.41, 5.74) is 0. The minimum Gasteiger partial charge on any atom is -0.338 e. The first-order valence-corrected chi connectivity index (χ1v) is 5.09. The summed E-state index contributed by atoms with van der Waals surface area (Å²) in [4.78, 5) is 17.5. The maximum Gasteiger partial charge on any atom is 0.244 e. The lowest BCUT2D eigenvalue weighted by atomic mass is 10.2. The molecule has 1 aliphatic rings. The predicted molar refractivity (Wildman–Crippen MR) is 54.1 cm³/mol. The van der Waals surface area contributed by atoms with Gasteiger partial charge in [0.2, 0.25) is 5.91 Å². The van der Waals surface area contributed by atoms with Crippen molar-refractivity contribution in [3.05, 3.63) is 12.7 Å². The van der Waals surface area contributed by atoms with Gasteiger partial charge in [0.05, 0.1) is 0 Å². The molecule has 1 fully saturated rings. The second-order valence-corrected chi connectivity index (χ2v) is 3.79. The average molecular weight is 209 g/mol. The van der Waals surface area contributed by atoms with Crippen molar-refractivity contribution >= 4 is 5.91 Å². The molecule has 2 rings (SSSR count). The van der Waals surface area contributed by atoms with Crippen molar-refractivity contribution in [3.63, 3.8) is 0 Å². The highest BCUT2D eigenvalue weighted by molar-refractivity contribution is 5.76. The zero-order valence-corrected chi connectivity index (χ0v) is 8.76. The second-order valence-electron chi connectivity index (χ2n) is 3.79. The molecule has 15 heavy (non-hydrogen) atoms. The number of carbonyl (C=O) groups excluding carboxylic acids is 1. The van der Waals surface area contributed by atoms with E-state index < -0.39 is 0 Å². The Morgan fingerprint density at radius 2 is 2.53 bits per heavy atom. The van der Waals surface area contributed by atoms with Gasteiger partial charge in [-0.3, -0.25) is 4.79 Å². The number of hydrogen-bond donors (Lipinski definition) is 1. The molecule has 1 aromatic rings. The van der Waals surface area contributed by atoms with Gasteiger partial charge < -0.3 is 10.2 Å². The van der Waals surface area contributed by atoms with Crippen LogP contribution in [0, 0.1) is 0 Å². The molecule has 2 heterocycles. The number of hydrogen-bond acceptors (Lipinski definition) is 4. The smallest absolute Gasteiger partial charge is 0.244 e. The van der Waals surface area contributed by atoms with E-state index in [0.29, 0.717) is 6.04 Å². The summed E-state index contributed by atoms with van der Waals surface area (Å²) >= 11 is 0. The summed E-state index contributed by atoms with van der Waals surface area (Å²) in [6, 6.07) is 0.374. The second kappa shape index (κ2) is 4.39. The first-order valence-electron chi connectivity index (χ1n) is 5.09. The van der Waals surface area contributed by atoms with Crippen LogP contribution in [-0.2, 0) is 11.3 Å². The minimum atomic E-state index is 0.105. The number of amides is 1. The number of rotatable bonds is 2. The van der Waals surface area contributed by atoms with Crippen LogP contribution >= 0.6 is 0 Å². The van der Waals surface area contributed by atoms with Crippen molar-refractivity contribution in [1.82, 2.24) is 25.0 Å². The highest BCUT2D eigenvalue weighted by Gasteiger charge is 2.20. The zero-order valence-electron chi connectivity index (χ0n) is 8.76. The Labute approximate surface area is 88.3 Å². The van der Waals surface area contributed by atoms with Gasteiger partial charge in [-0.05, 0) is 6.92 Å². The fourth-order valence-electron chi connectivity index (χ4n) is 1.71. The van der Waals surface area contributed by atoms with E-state index in [1.165, 1.54) is 6.33 Å². The highest BCUT2D eigenvalue weighted by atomic mass is 16.2. The summed E-state index contributed by atoms with van der Waals surface area (Å²) in [6.45, 7) is 4.78. The Morgan fingerprint density at radius 1 is 1.67 bits per heavy atom. The molecule has 1 amide bonds. The predicted octanol–water partition coefficient (Wildman–Crippen LogP) is -0.902. The Balaban J connectivity index is 1.90. The molecule has 0 aromatic carbocycles. The third-order valence-electron chi connectivity index (χ3n) is 2.49. The van der Waals surface area contributed by atoms with Crippen molar-refractivity contribution in [2.45, 2.75) is 19.5 Å². The van der Waals surface area contributed by atoms with Crippen LogP contribution in [0.25, 0.3) is 0 Å². The molecule has 0 aliphatic carbocycles. The molecular formula is C9H15N5O. The van der Waals surface area contributed by atoms with Gasteiger partial charge >= 0.3 is 0 Å². The van der Waals surface area contributed by atoms with Crippen molar-refractivity contribution in [3.8, 4) is 0 Å². The monoisotopic (exact) mass is 209 g/mol. The van der Waals surface area contributed by atoms with Gasteiger partial charge in [-0.25, -0.2) is 9.67 Å². The van der Waals surface area contributed by atoms with Crippen molar-refractivity contribution in [2.24, 2.45) is 0 Å². The Hall–Kier alpha value is -1.43. The molecule has 1 aromatic heterocycles. The number of nitrogens with one attached hydrogen (secondary N) is 1. The van der Waals surface area contributed by atoms with Crippen LogP contribution in [0.5, 0.6) is 0 Å². The van der Waals surface area contributed by atoms with Crippen LogP contribution in [0.1, 0.15) is 6.92 Å². The van der Waals surface area contributed by atoms with E-state index in [2.05, 4.69) is 22.3 Å². The fourth-order valence-corrected chi connectivity index (χ4v) is 1.71. The first-order chi connectivity index (χ1) is 7.25. The maximum atomic E-state index is 11.8. The molecule has 6 heteroatoms. The molecule has 0 saturated carbocycles. The normalized spacial score (nSPS) is 21.7. The van der Waals surface area contributed by atoms with Gasteiger partial charge in [0, 0.05) is 25.7 Å². The van der Waals surface area contributed by atoms with E-state index >= 15 is 0 Å². The van der Waals surface area contributed by atoms with Gasteiger partial charge in [0.15, 0.2) is 0 Å². The summed E-state index contributed by atoms with van der Waals surface area (Å²) in [7, 11) is 0. The van der Waals surface area contributed by atoms with Crippen LogP contribution < -0.4 is 5.32 Å². The van der Waals surface area contributed by atoms with E-state index in [4.69, 9.17) is 0 Å². The Kier molecular flexibility index (Phi) is 2.96. The van der Waals surface area contributed by atoms with Gasteiger partial charge in [-0.15, -0.1) is 0 Å². The summed E-state index contributed by atoms with van der Waals surface area (Å²) in [5.74, 6) is 0.105. The molecule has 1 unspecified atom stereocenters. The standard InChI is InChI=1S/C9H15N5O/c1-8-4-13(3-2-11-8)9(15)5-14-7-10-6-12-14/h6-8,11H,2-5H2,1H3. The van der Waals surface area contributed by atoms with Crippen molar-refractivity contribution in [2.75, 3.05) is 19.6 Å². The van der Waals surface area contributed by atoms with Gasteiger partial charge in [-0.2, -0.15) is 5.10 Å². The molecule has 6 nitrogen and oxygen atoms in total. The van der Waals surface area contributed by atoms with E-state index in [-0.39, 0.29) is 12.5 Å². The molecule has 0 bridgehead atoms. The maximum absolute atomic E-state index is 11.8. The Morgan fingerprint density at radius 3 is 3.20 bits per heavy atom. The number of aromatic nitrogens is 3. The molecule has 0 spiro atoms. The van der Waals surface area contributed by atoms with E-state index in [9.17, 15) is 4.79 Å². The van der Waals surface area contributed by atoms with Crippen molar-refractivity contribution < 1.29 is 4.79 Å². The van der Waals surface area contributed by atoms with Crippen LogP contribution in [0.4, 0.5) is 0 Å². The summed E-state index contributed by atoms with van der Waals surface area (Å²) in [6.07, 6.45) is 3.00. The third-order valence-corrected chi connectivity index (χ3v) is 2.49. The van der Waals surface area contributed by atoms with Gasteiger partial charge in [0.1, 0.15) is 19.2 Å². The van der Waals surface area contributed by atoms with Crippen LogP contribution in [0.2, 0.25) is 0 Å². The lowest BCUT2D eigenvalue weighted by Gasteiger charge is -2.31. The SMILES string of the molecule is CC1CN(C(=O)Cn2cncn2)CCN1. The van der Waals surface area contributed by atoms with E-state index in [1.54, 1.807) is 11.0 Å². The number of piperazine rings is 1. The summed E-state index contributed by atoms with van der Waals surface area (Å²) < 4.78 is 1.55. The Bertz CT molecular complexity index is 323. The highest BCUT2D eigenvalue weighted by Crippen LogP contribution is 2.00. The van der Waals surface area contributed by atoms with Crippen molar-refractivity contribution in [1.29, 1.82) is 0 Å². The summed E-state index contributed by atoms with van der Waals surface area (Å²) in [5, 5.41) is 7.21. The van der Waals surface area contributed by atoms with Gasteiger partial charge in [-0.1, -0.05) is 0 Å². The molecule has 1 N–H and O–H groups in total. The quantitative estimate of drug-likeness (QED) is 0.685. The molecular weight excluding hydrogens is 194 g/mol. The molecule has 1 atom stereocenters. The van der Waals surface area contributed by atoms with Crippen LogP contribution in [-0.4, -0.2) is 51.2 Å². The van der Waals surface area contributed by atoms with Crippen LogP contribution in [0.15, 0.2) is 12.7 Å². The zero-order chi connectivity index (χ0) is 10.7. The minimum absolute atomic E-state index is 0.105. The van der Waals surface area contributed by atoms with E-state index in [1.807, 2.05) is 4.90 Å². The fraction of sp³-hybridized carbons (Fsp3) is 0.667.